The van der Waals surface area contributed by atoms with Gasteiger partial charge in [-0.05, 0) is 53.7 Å². The van der Waals surface area contributed by atoms with Crippen molar-refractivity contribution in [3.8, 4) is 0 Å². The number of para-hydroxylation sites is 2. The molecule has 0 saturated carbocycles. The van der Waals surface area contributed by atoms with Crippen molar-refractivity contribution >= 4 is 74.3 Å². The van der Waals surface area contributed by atoms with Crippen LogP contribution in [-0.4, -0.2) is 66.5 Å². The maximum Gasteiger partial charge on any atom is 0.293 e. The van der Waals surface area contributed by atoms with Crippen molar-refractivity contribution in [1.29, 1.82) is 0 Å². The Balaban J connectivity index is 0.00000462. The van der Waals surface area contributed by atoms with Crippen LogP contribution in [0.1, 0.15) is 12.0 Å². The number of carbonyl (C=O) groups excluding carboxylic acids is 2. The minimum Gasteiger partial charge on any atom is -1.00 e. The van der Waals surface area contributed by atoms with Crippen LogP contribution in [0.2, 0.25) is 0 Å². The zero-order chi connectivity index (χ0) is 28.9. The number of anilines is 5. The normalized spacial score (nSPS) is 15.6. The summed E-state index contributed by atoms with van der Waals surface area (Å²) < 4.78 is 1.80. The largest absolute Gasteiger partial charge is 1.00 e. The minimum atomic E-state index is -1.34. The van der Waals surface area contributed by atoms with Crippen molar-refractivity contribution in [2.75, 3.05) is 75.9 Å². The van der Waals surface area contributed by atoms with Gasteiger partial charge in [0.25, 0.3) is 11.7 Å². The first kappa shape index (κ1) is 33.2. The molecule has 3 aromatic rings. The van der Waals surface area contributed by atoms with Gasteiger partial charge in [-0.25, -0.2) is 0 Å². The van der Waals surface area contributed by atoms with Gasteiger partial charge >= 0.3 is 0 Å². The van der Waals surface area contributed by atoms with E-state index in [-0.39, 0.29) is 46.7 Å². The van der Waals surface area contributed by atoms with Gasteiger partial charge in [-0.3, -0.25) is 9.59 Å². The van der Waals surface area contributed by atoms with Gasteiger partial charge < -0.3 is 54.3 Å². The van der Waals surface area contributed by atoms with Gasteiger partial charge in [0.15, 0.2) is 0 Å². The predicted octanol–water partition coefficient (Wildman–Crippen LogP) is 2.10. The lowest BCUT2D eigenvalue weighted by Gasteiger charge is -2.37. The molecule has 1 aliphatic heterocycles. The standard InChI is InChI=1S/C29H36Cl2N6O2S.HI/c1-21-9-10-23(26(19-21)36(16-13-30)17-14-31)33-28(39)29(34-24-7-5-6-8-25(24)35(29)2)37-15-11-22(20-37)32-27(38)12-18-40(3)4;/h5-11,15,19-20,34H,12-14,16-18H2,1-4H3,(H-,32,33,38,39);1H. The van der Waals surface area contributed by atoms with Crippen LogP contribution in [0.4, 0.5) is 28.4 Å². The number of fused-ring (bicyclic) bond motifs is 1. The van der Waals surface area contributed by atoms with E-state index in [0.717, 1.165) is 28.4 Å². The molecule has 0 fully saturated rings. The summed E-state index contributed by atoms with van der Waals surface area (Å²) in [7, 11) is 2.06. The van der Waals surface area contributed by atoms with E-state index in [1.165, 1.54) is 0 Å². The smallest absolute Gasteiger partial charge is 0.293 e. The Morgan fingerprint density at radius 2 is 1.76 bits per heavy atom. The lowest BCUT2D eigenvalue weighted by molar-refractivity contribution is -0.123. The molecule has 1 unspecified atom stereocenters. The molecule has 2 amide bonds. The SMILES string of the molecule is Cc1ccc(NC(=O)C2(n3ccc(NC(=O)CC[S+](C)C)c3)Nc3ccccc3N2C)c(N(CCCl)CCCl)c1.[I-]. The molecule has 2 heterocycles. The summed E-state index contributed by atoms with van der Waals surface area (Å²) in [6.45, 7) is 3.19. The summed E-state index contributed by atoms with van der Waals surface area (Å²) in [6, 6.07) is 15.5. The highest BCUT2D eigenvalue weighted by molar-refractivity contribution is 7.95. The Labute approximate surface area is 272 Å². The molecule has 2 aromatic carbocycles. The van der Waals surface area contributed by atoms with Crippen LogP contribution in [0.5, 0.6) is 0 Å². The van der Waals surface area contributed by atoms with Crippen molar-refractivity contribution in [3.63, 3.8) is 0 Å². The quantitative estimate of drug-likeness (QED) is 0.151. The molecule has 0 saturated heterocycles. The third kappa shape index (κ3) is 7.39. The first-order chi connectivity index (χ1) is 19.2. The Morgan fingerprint density at radius 1 is 1.05 bits per heavy atom. The number of aryl methyl sites for hydroxylation is 1. The monoisotopic (exact) mass is 730 g/mol. The third-order valence-electron chi connectivity index (χ3n) is 6.92. The zero-order valence-corrected chi connectivity index (χ0v) is 28.2. The van der Waals surface area contributed by atoms with E-state index in [9.17, 15) is 9.59 Å². The summed E-state index contributed by atoms with van der Waals surface area (Å²) in [5.74, 6) is 0.0210. The third-order valence-corrected chi connectivity index (χ3v) is 8.27. The number of carbonyl (C=O) groups is 2. The second kappa shape index (κ2) is 14.8. The number of halogens is 3. The van der Waals surface area contributed by atoms with Crippen molar-refractivity contribution in [3.05, 3.63) is 66.5 Å². The van der Waals surface area contributed by atoms with E-state index in [4.69, 9.17) is 23.2 Å². The number of likely N-dealkylation sites (N-methyl/N-ethyl adjacent to an activating group) is 1. The van der Waals surface area contributed by atoms with Crippen LogP contribution in [0.3, 0.4) is 0 Å². The molecule has 0 aliphatic carbocycles. The maximum atomic E-state index is 14.4. The highest BCUT2D eigenvalue weighted by atomic mass is 127. The lowest BCUT2D eigenvalue weighted by atomic mass is 10.1. The Kier molecular flexibility index (Phi) is 12.0. The van der Waals surface area contributed by atoms with Gasteiger partial charge in [0.05, 0.1) is 47.4 Å². The van der Waals surface area contributed by atoms with Crippen molar-refractivity contribution in [2.45, 2.75) is 19.1 Å². The minimum absolute atomic E-state index is 0. The molecule has 4 rings (SSSR count). The fraction of sp³-hybridized carbons (Fsp3) is 0.379. The molecule has 0 bridgehead atoms. The van der Waals surface area contributed by atoms with Crippen molar-refractivity contribution in [2.24, 2.45) is 0 Å². The molecule has 41 heavy (non-hydrogen) atoms. The number of hydrogen-bond donors (Lipinski definition) is 3. The second-order valence-electron chi connectivity index (χ2n) is 10.0. The number of hydrogen-bond acceptors (Lipinski definition) is 5. The van der Waals surface area contributed by atoms with E-state index in [1.54, 1.807) is 17.0 Å². The van der Waals surface area contributed by atoms with Gasteiger partial charge in [0.1, 0.15) is 5.75 Å². The van der Waals surface area contributed by atoms with E-state index in [2.05, 4.69) is 33.4 Å². The molecule has 1 aromatic heterocycles. The molecular formula is C29H37Cl2IN6O2S. The summed E-state index contributed by atoms with van der Waals surface area (Å²) in [5, 5.41) is 9.62. The summed E-state index contributed by atoms with van der Waals surface area (Å²) in [4.78, 5) is 30.9. The summed E-state index contributed by atoms with van der Waals surface area (Å²) >= 11 is 12.2. The van der Waals surface area contributed by atoms with Crippen LogP contribution in [-0.2, 0) is 26.3 Å². The fourth-order valence-corrected chi connectivity index (χ4v) is 5.85. The van der Waals surface area contributed by atoms with Gasteiger partial charge in [-0.15, -0.1) is 23.2 Å². The van der Waals surface area contributed by atoms with Crippen LogP contribution in [0, 0.1) is 6.92 Å². The average Bonchev–Trinajstić information content (AvgIpc) is 3.51. The Bertz CT molecular complexity index is 1350. The van der Waals surface area contributed by atoms with Gasteiger partial charge in [0, 0.05) is 44.3 Å². The molecule has 12 heteroatoms. The van der Waals surface area contributed by atoms with Crippen LogP contribution in [0.25, 0.3) is 0 Å². The highest BCUT2D eigenvalue weighted by Crippen LogP contribution is 2.43. The average molecular weight is 732 g/mol. The second-order valence-corrected chi connectivity index (χ2v) is 13.1. The number of nitrogens with zero attached hydrogens (tertiary/aromatic N) is 3. The molecule has 1 aliphatic rings. The van der Waals surface area contributed by atoms with Crippen LogP contribution in [0.15, 0.2) is 60.9 Å². The molecule has 3 N–H and O–H groups in total. The Hall–Kier alpha value is -2.28. The molecule has 1 atom stereocenters. The first-order valence-electron chi connectivity index (χ1n) is 13.1. The predicted molar refractivity (Wildman–Crippen MR) is 172 cm³/mol. The first-order valence-corrected chi connectivity index (χ1v) is 16.4. The van der Waals surface area contributed by atoms with E-state index in [1.807, 2.05) is 67.4 Å². The van der Waals surface area contributed by atoms with E-state index in [0.29, 0.717) is 42.6 Å². The van der Waals surface area contributed by atoms with Gasteiger partial charge in [0.2, 0.25) is 5.91 Å². The Morgan fingerprint density at radius 3 is 2.41 bits per heavy atom. The lowest BCUT2D eigenvalue weighted by Crippen LogP contribution is -3.00. The maximum absolute atomic E-state index is 14.4. The fourth-order valence-electron chi connectivity index (χ4n) is 4.85. The molecule has 0 radical (unpaired) electrons. The number of amides is 2. The number of rotatable bonds is 12. The number of nitrogens with one attached hydrogen (secondary N) is 3. The topological polar surface area (TPSA) is 81.6 Å². The number of alkyl halides is 2. The molecule has 222 valence electrons. The van der Waals surface area contributed by atoms with Gasteiger partial charge in [-0.1, -0.05) is 18.2 Å². The van der Waals surface area contributed by atoms with Crippen molar-refractivity contribution < 1.29 is 33.6 Å². The van der Waals surface area contributed by atoms with Crippen molar-refractivity contribution in [1.82, 2.24) is 4.57 Å². The number of benzene rings is 2. The summed E-state index contributed by atoms with van der Waals surface area (Å²) in [5.41, 5.74) is 4.91. The van der Waals surface area contributed by atoms with Crippen LogP contribution < -0.4 is 49.7 Å². The highest BCUT2D eigenvalue weighted by Gasteiger charge is 2.50. The van der Waals surface area contributed by atoms with Gasteiger partial charge in [-0.2, -0.15) is 0 Å². The summed E-state index contributed by atoms with van der Waals surface area (Å²) in [6.07, 6.45) is 8.28. The molecule has 8 nitrogen and oxygen atoms in total. The molecular weight excluding hydrogens is 694 g/mol. The van der Waals surface area contributed by atoms with Crippen LogP contribution >= 0.6 is 23.2 Å². The van der Waals surface area contributed by atoms with E-state index >= 15 is 0 Å². The van der Waals surface area contributed by atoms with E-state index < -0.39 is 5.79 Å². The number of aromatic nitrogens is 1. The molecule has 0 spiro atoms. The zero-order valence-electron chi connectivity index (χ0n) is 23.7.